The van der Waals surface area contributed by atoms with Crippen LogP contribution in [0.25, 0.3) is 0 Å². The van der Waals surface area contributed by atoms with Crippen molar-refractivity contribution in [3.8, 4) is 11.8 Å². The first-order chi connectivity index (χ1) is 11.5. The van der Waals surface area contributed by atoms with Crippen LogP contribution in [0.1, 0.15) is 0 Å². The lowest BCUT2D eigenvalue weighted by molar-refractivity contribution is 0.440. The van der Waals surface area contributed by atoms with Crippen molar-refractivity contribution in [3.05, 3.63) is 45.4 Å². The first kappa shape index (κ1) is 16.8. The third-order valence-corrected chi connectivity index (χ3v) is 3.12. The third kappa shape index (κ3) is 4.51. The Morgan fingerprint density at radius 1 is 0.750 bits per heavy atom. The molecule has 122 valence electrons. The van der Waals surface area contributed by atoms with Crippen molar-refractivity contribution in [1.29, 1.82) is 0 Å². The molecule has 0 aliphatic rings. The highest BCUT2D eigenvalue weighted by Gasteiger charge is 2.08. The van der Waals surface area contributed by atoms with E-state index in [0.29, 0.717) is 11.4 Å². The van der Waals surface area contributed by atoms with Crippen LogP contribution < -0.4 is 10.1 Å². The Labute approximate surface area is 155 Å². The summed E-state index contributed by atoms with van der Waals surface area (Å²) in [4.78, 5) is 22.7. The fraction of sp³-hybridized carbons (Fsp3) is 0. The molecule has 3 rings (SSSR count). The number of halogens is 4. The summed E-state index contributed by atoms with van der Waals surface area (Å²) in [6.07, 6.45) is 0. The fourth-order valence-electron chi connectivity index (χ4n) is 1.61. The molecule has 0 unspecified atom stereocenters. The second-order valence-electron chi connectivity index (χ2n) is 4.11. The SMILES string of the molecule is Clc1nc(Cl)nc(Nc2cccc(Oc3nc(Cl)nc(Cl)n3)c2)n1. The topological polar surface area (TPSA) is 98.6 Å². The zero-order valence-electron chi connectivity index (χ0n) is 11.4. The van der Waals surface area contributed by atoms with Crippen LogP contribution in [0.4, 0.5) is 11.6 Å². The van der Waals surface area contributed by atoms with Crippen LogP contribution in [0.15, 0.2) is 24.3 Å². The van der Waals surface area contributed by atoms with E-state index in [2.05, 4.69) is 35.2 Å². The number of rotatable bonds is 4. The second kappa shape index (κ2) is 7.27. The van der Waals surface area contributed by atoms with Crippen LogP contribution in [-0.4, -0.2) is 29.9 Å². The van der Waals surface area contributed by atoms with E-state index in [-0.39, 0.29) is 33.1 Å². The Bertz CT molecular complexity index is 786. The van der Waals surface area contributed by atoms with Gasteiger partial charge in [0, 0.05) is 11.8 Å². The number of hydrogen-bond donors (Lipinski definition) is 1. The molecule has 1 N–H and O–H groups in total. The van der Waals surface area contributed by atoms with E-state index < -0.39 is 0 Å². The molecular weight excluding hydrogens is 400 g/mol. The van der Waals surface area contributed by atoms with Crippen molar-refractivity contribution >= 4 is 58.0 Å². The number of nitrogens with zero attached hydrogens (tertiary/aromatic N) is 6. The van der Waals surface area contributed by atoms with Gasteiger partial charge in [0.2, 0.25) is 27.1 Å². The lowest BCUT2D eigenvalue weighted by Gasteiger charge is -2.08. The van der Waals surface area contributed by atoms with Crippen molar-refractivity contribution in [1.82, 2.24) is 29.9 Å². The summed E-state index contributed by atoms with van der Waals surface area (Å²) >= 11 is 22.8. The second-order valence-corrected chi connectivity index (χ2v) is 5.46. The van der Waals surface area contributed by atoms with Gasteiger partial charge >= 0.3 is 6.01 Å². The number of aromatic nitrogens is 6. The molecule has 0 radical (unpaired) electrons. The van der Waals surface area contributed by atoms with Gasteiger partial charge in [-0.1, -0.05) is 6.07 Å². The summed E-state index contributed by atoms with van der Waals surface area (Å²) in [6.45, 7) is 0. The standard InChI is InChI=1S/C12H5Cl4N7O/c13-7-18-8(14)21-11(20-7)17-5-2-1-3-6(4-5)24-12-22-9(15)19-10(16)23-12/h1-4H,(H,17,18,20,21). The van der Waals surface area contributed by atoms with Crippen LogP contribution >= 0.6 is 46.4 Å². The summed E-state index contributed by atoms with van der Waals surface area (Å²) in [7, 11) is 0. The zero-order chi connectivity index (χ0) is 17.1. The number of ether oxygens (including phenoxy) is 1. The molecule has 0 saturated carbocycles. The van der Waals surface area contributed by atoms with E-state index in [1.807, 2.05) is 0 Å². The minimum absolute atomic E-state index is 0.0284. The predicted octanol–water partition coefficient (Wildman–Crippen LogP) is 4.21. The minimum Gasteiger partial charge on any atom is -0.424 e. The van der Waals surface area contributed by atoms with Crippen LogP contribution in [0, 0.1) is 0 Å². The van der Waals surface area contributed by atoms with Crippen LogP contribution in [0.5, 0.6) is 11.8 Å². The van der Waals surface area contributed by atoms with Gasteiger partial charge < -0.3 is 10.1 Å². The summed E-state index contributed by atoms with van der Waals surface area (Å²) in [6, 6.07) is 6.78. The summed E-state index contributed by atoms with van der Waals surface area (Å²) in [5.41, 5.74) is 0.608. The zero-order valence-corrected chi connectivity index (χ0v) is 14.4. The molecule has 12 heteroatoms. The Balaban J connectivity index is 1.81. The van der Waals surface area contributed by atoms with Gasteiger partial charge in [0.05, 0.1) is 0 Å². The van der Waals surface area contributed by atoms with E-state index in [9.17, 15) is 0 Å². The predicted molar refractivity (Wildman–Crippen MR) is 89.5 cm³/mol. The van der Waals surface area contributed by atoms with Crippen molar-refractivity contribution in [2.45, 2.75) is 0 Å². The average Bonchev–Trinajstić information content (AvgIpc) is 2.45. The Morgan fingerprint density at radius 2 is 1.33 bits per heavy atom. The first-order valence-electron chi connectivity index (χ1n) is 6.17. The third-order valence-electron chi connectivity index (χ3n) is 2.44. The normalized spacial score (nSPS) is 10.5. The quantitative estimate of drug-likeness (QED) is 0.690. The van der Waals surface area contributed by atoms with Crippen molar-refractivity contribution in [3.63, 3.8) is 0 Å². The van der Waals surface area contributed by atoms with E-state index in [1.54, 1.807) is 24.3 Å². The van der Waals surface area contributed by atoms with Gasteiger partial charge in [-0.25, -0.2) is 0 Å². The highest BCUT2D eigenvalue weighted by molar-refractivity contribution is 6.31. The van der Waals surface area contributed by atoms with Crippen LogP contribution in [-0.2, 0) is 0 Å². The van der Waals surface area contributed by atoms with Gasteiger partial charge in [0.25, 0.3) is 0 Å². The van der Waals surface area contributed by atoms with E-state index in [0.717, 1.165) is 0 Å². The fourth-order valence-corrected chi connectivity index (χ4v) is 2.32. The van der Waals surface area contributed by atoms with Crippen molar-refractivity contribution in [2.75, 3.05) is 5.32 Å². The molecule has 0 saturated heterocycles. The van der Waals surface area contributed by atoms with Gasteiger partial charge in [0.1, 0.15) is 5.75 Å². The Hall–Kier alpha value is -2.00. The molecule has 0 fully saturated rings. The van der Waals surface area contributed by atoms with Gasteiger partial charge in [-0.05, 0) is 58.5 Å². The van der Waals surface area contributed by atoms with Crippen molar-refractivity contribution < 1.29 is 4.74 Å². The lowest BCUT2D eigenvalue weighted by Crippen LogP contribution is -2.00. The Morgan fingerprint density at radius 3 is 1.96 bits per heavy atom. The number of nitrogens with one attached hydrogen (secondary N) is 1. The molecule has 0 atom stereocenters. The van der Waals surface area contributed by atoms with Crippen LogP contribution in [0.2, 0.25) is 21.1 Å². The lowest BCUT2D eigenvalue weighted by atomic mass is 10.3. The molecular formula is C12H5Cl4N7O. The number of hydrogen-bond acceptors (Lipinski definition) is 8. The molecule has 0 amide bonds. The highest BCUT2D eigenvalue weighted by Crippen LogP contribution is 2.24. The minimum atomic E-state index is -0.0752. The maximum absolute atomic E-state index is 5.73. The maximum Gasteiger partial charge on any atom is 0.327 e. The first-order valence-corrected chi connectivity index (χ1v) is 7.68. The smallest absolute Gasteiger partial charge is 0.327 e. The van der Waals surface area contributed by atoms with E-state index >= 15 is 0 Å². The molecule has 2 aromatic heterocycles. The van der Waals surface area contributed by atoms with Gasteiger partial charge in [-0.2, -0.15) is 29.9 Å². The van der Waals surface area contributed by atoms with Gasteiger partial charge in [0.15, 0.2) is 0 Å². The summed E-state index contributed by atoms with van der Waals surface area (Å²) < 4.78 is 5.49. The molecule has 0 bridgehead atoms. The molecule has 0 aliphatic carbocycles. The molecule has 2 heterocycles. The molecule has 1 aromatic carbocycles. The number of benzene rings is 1. The molecule has 24 heavy (non-hydrogen) atoms. The summed E-state index contributed by atoms with van der Waals surface area (Å²) in [5.74, 6) is 0.605. The van der Waals surface area contributed by atoms with Crippen molar-refractivity contribution in [2.24, 2.45) is 0 Å². The molecule has 0 aliphatic heterocycles. The van der Waals surface area contributed by atoms with E-state index in [1.165, 1.54) is 0 Å². The monoisotopic (exact) mass is 403 g/mol. The van der Waals surface area contributed by atoms with Gasteiger partial charge in [-0.3, -0.25) is 0 Å². The summed E-state index contributed by atoms with van der Waals surface area (Å²) in [5, 5.41) is 2.71. The molecule has 3 aromatic rings. The largest absolute Gasteiger partial charge is 0.424 e. The molecule has 8 nitrogen and oxygen atoms in total. The molecule has 0 spiro atoms. The number of anilines is 2. The Kier molecular flexibility index (Phi) is 5.10. The maximum atomic E-state index is 5.73. The van der Waals surface area contributed by atoms with E-state index in [4.69, 9.17) is 51.1 Å². The van der Waals surface area contributed by atoms with Crippen LogP contribution in [0.3, 0.4) is 0 Å². The highest BCUT2D eigenvalue weighted by atomic mass is 35.5. The average molecular weight is 405 g/mol. The van der Waals surface area contributed by atoms with Gasteiger partial charge in [-0.15, -0.1) is 0 Å².